The van der Waals surface area contributed by atoms with Gasteiger partial charge in [0.1, 0.15) is 5.75 Å². The van der Waals surface area contributed by atoms with Gasteiger partial charge in [0.25, 0.3) is 0 Å². The molecular weight excluding hydrogens is 292 g/mol. The highest BCUT2D eigenvalue weighted by molar-refractivity contribution is 5.92. The zero-order valence-electron chi connectivity index (χ0n) is 13.5. The molecule has 2 amide bonds. The van der Waals surface area contributed by atoms with Crippen molar-refractivity contribution in [2.24, 2.45) is 11.8 Å². The van der Waals surface area contributed by atoms with Gasteiger partial charge in [-0.15, -0.1) is 0 Å². The molecule has 5 heteroatoms. The fraction of sp³-hybridized carbons (Fsp3) is 0.556. The van der Waals surface area contributed by atoms with E-state index in [9.17, 15) is 9.59 Å². The van der Waals surface area contributed by atoms with E-state index in [0.29, 0.717) is 6.04 Å². The molecule has 0 radical (unpaired) electrons. The molecular formula is C18H24N2O3. The Morgan fingerprint density at radius 2 is 1.48 bits per heavy atom. The second-order valence-corrected chi connectivity index (χ2v) is 6.55. The average molecular weight is 316 g/mol. The Bertz CT molecular complexity index is 558. The number of hydrogen-bond donors (Lipinski definition) is 2. The van der Waals surface area contributed by atoms with Crippen molar-refractivity contribution in [3.05, 3.63) is 24.3 Å². The van der Waals surface area contributed by atoms with Gasteiger partial charge >= 0.3 is 0 Å². The summed E-state index contributed by atoms with van der Waals surface area (Å²) in [6.45, 7) is 0. The number of rotatable bonds is 5. The van der Waals surface area contributed by atoms with Crippen LogP contribution in [0.5, 0.6) is 5.75 Å². The summed E-state index contributed by atoms with van der Waals surface area (Å²) in [5.74, 6) is 1.09. The Labute approximate surface area is 136 Å². The number of ether oxygens (including phenoxy) is 1. The first kappa shape index (κ1) is 15.8. The van der Waals surface area contributed by atoms with E-state index in [1.807, 2.05) is 24.3 Å². The third kappa shape index (κ3) is 4.24. The average Bonchev–Trinajstić information content (AvgIpc) is 3.39. The first-order valence-electron chi connectivity index (χ1n) is 8.41. The molecule has 2 fully saturated rings. The van der Waals surface area contributed by atoms with Crippen LogP contribution in [-0.2, 0) is 9.59 Å². The minimum Gasteiger partial charge on any atom is -0.497 e. The van der Waals surface area contributed by atoms with E-state index in [1.54, 1.807) is 7.11 Å². The number of anilines is 1. The molecule has 0 unspecified atom stereocenters. The van der Waals surface area contributed by atoms with Crippen LogP contribution in [0.3, 0.4) is 0 Å². The Morgan fingerprint density at radius 1 is 0.913 bits per heavy atom. The Kier molecular flexibility index (Phi) is 4.84. The molecule has 0 atom stereocenters. The first-order valence-corrected chi connectivity index (χ1v) is 8.41. The van der Waals surface area contributed by atoms with Crippen molar-refractivity contribution in [1.29, 1.82) is 0 Å². The number of benzene rings is 1. The first-order chi connectivity index (χ1) is 11.2. The van der Waals surface area contributed by atoms with Crippen LogP contribution in [-0.4, -0.2) is 25.0 Å². The highest BCUT2D eigenvalue weighted by Gasteiger charge is 2.32. The van der Waals surface area contributed by atoms with Crippen molar-refractivity contribution in [3.63, 3.8) is 0 Å². The molecule has 124 valence electrons. The van der Waals surface area contributed by atoms with Crippen LogP contribution in [0.25, 0.3) is 0 Å². The molecule has 2 aliphatic rings. The van der Waals surface area contributed by atoms with Gasteiger partial charge in [-0.3, -0.25) is 9.59 Å². The normalized spacial score (nSPS) is 23.9. The van der Waals surface area contributed by atoms with Crippen LogP contribution >= 0.6 is 0 Å². The molecule has 0 bridgehead atoms. The second-order valence-electron chi connectivity index (χ2n) is 6.55. The van der Waals surface area contributed by atoms with Crippen LogP contribution in [0.4, 0.5) is 5.69 Å². The standard InChI is InChI=1S/C18H24N2O3/c1-23-16-10-8-15(9-11-16)20-18(22)13-4-2-12(3-5-13)17(21)19-14-6-7-14/h8-14H,2-7H2,1H3,(H,19,21)(H,20,22). The number of hydrogen-bond acceptors (Lipinski definition) is 3. The van der Waals surface area contributed by atoms with Gasteiger partial charge in [0.15, 0.2) is 0 Å². The molecule has 23 heavy (non-hydrogen) atoms. The molecule has 1 aromatic rings. The number of carbonyl (C=O) groups is 2. The molecule has 2 saturated carbocycles. The summed E-state index contributed by atoms with van der Waals surface area (Å²) in [6, 6.07) is 7.75. The molecule has 0 spiro atoms. The third-order valence-electron chi connectivity index (χ3n) is 4.75. The monoisotopic (exact) mass is 316 g/mol. The zero-order chi connectivity index (χ0) is 16.2. The maximum atomic E-state index is 12.3. The van der Waals surface area contributed by atoms with Gasteiger partial charge in [-0.05, 0) is 62.8 Å². The lowest BCUT2D eigenvalue weighted by atomic mass is 9.81. The van der Waals surface area contributed by atoms with E-state index in [1.165, 1.54) is 0 Å². The quantitative estimate of drug-likeness (QED) is 0.877. The van der Waals surface area contributed by atoms with Gasteiger partial charge in [-0.2, -0.15) is 0 Å². The largest absolute Gasteiger partial charge is 0.497 e. The summed E-state index contributed by atoms with van der Waals surface area (Å²) in [4.78, 5) is 24.4. The van der Waals surface area contributed by atoms with E-state index in [2.05, 4.69) is 10.6 Å². The lowest BCUT2D eigenvalue weighted by Gasteiger charge is -2.27. The van der Waals surface area contributed by atoms with E-state index in [-0.39, 0.29) is 23.7 Å². The minimum absolute atomic E-state index is 0.00192. The third-order valence-corrected chi connectivity index (χ3v) is 4.75. The Balaban J connectivity index is 1.46. The van der Waals surface area contributed by atoms with Crippen LogP contribution in [0, 0.1) is 11.8 Å². The second kappa shape index (κ2) is 7.02. The number of amides is 2. The SMILES string of the molecule is COc1ccc(NC(=O)C2CCC(C(=O)NC3CC3)CC2)cc1. The molecule has 5 nitrogen and oxygen atoms in total. The van der Waals surface area contributed by atoms with Crippen LogP contribution in [0.2, 0.25) is 0 Å². The van der Waals surface area contributed by atoms with Crippen molar-refractivity contribution in [2.45, 2.75) is 44.6 Å². The lowest BCUT2D eigenvalue weighted by molar-refractivity contribution is -0.128. The van der Waals surface area contributed by atoms with Crippen molar-refractivity contribution >= 4 is 17.5 Å². The van der Waals surface area contributed by atoms with Gasteiger partial charge in [0, 0.05) is 23.6 Å². The van der Waals surface area contributed by atoms with Crippen LogP contribution < -0.4 is 15.4 Å². The van der Waals surface area contributed by atoms with Crippen molar-refractivity contribution < 1.29 is 14.3 Å². The Morgan fingerprint density at radius 3 is 2.00 bits per heavy atom. The maximum Gasteiger partial charge on any atom is 0.227 e. The van der Waals surface area contributed by atoms with Crippen molar-refractivity contribution in [3.8, 4) is 5.75 Å². The number of nitrogens with one attached hydrogen (secondary N) is 2. The van der Waals surface area contributed by atoms with Crippen LogP contribution in [0.15, 0.2) is 24.3 Å². The topological polar surface area (TPSA) is 67.4 Å². The van der Waals surface area contributed by atoms with Crippen LogP contribution in [0.1, 0.15) is 38.5 Å². The summed E-state index contributed by atoms with van der Waals surface area (Å²) in [5.41, 5.74) is 0.782. The molecule has 2 N–H and O–H groups in total. The highest BCUT2D eigenvalue weighted by atomic mass is 16.5. The Hall–Kier alpha value is -2.04. The summed E-state index contributed by atoms with van der Waals surface area (Å²) >= 11 is 0. The summed E-state index contributed by atoms with van der Waals surface area (Å²) < 4.78 is 5.11. The minimum atomic E-state index is 0.00192. The van der Waals surface area contributed by atoms with E-state index >= 15 is 0 Å². The smallest absolute Gasteiger partial charge is 0.227 e. The lowest BCUT2D eigenvalue weighted by Crippen LogP contribution is -2.36. The predicted molar refractivity (Wildman–Crippen MR) is 88.2 cm³/mol. The molecule has 2 aliphatic carbocycles. The van der Waals surface area contributed by atoms with E-state index < -0.39 is 0 Å². The molecule has 3 rings (SSSR count). The number of carbonyl (C=O) groups excluding carboxylic acids is 2. The van der Waals surface area contributed by atoms with Gasteiger partial charge < -0.3 is 15.4 Å². The summed E-state index contributed by atoms with van der Waals surface area (Å²) in [5, 5.41) is 6.02. The molecule has 1 aromatic carbocycles. The summed E-state index contributed by atoms with van der Waals surface area (Å²) in [6.07, 6.45) is 5.41. The van der Waals surface area contributed by atoms with Gasteiger partial charge in [-0.1, -0.05) is 0 Å². The molecule has 0 aromatic heterocycles. The maximum absolute atomic E-state index is 12.3. The van der Waals surface area contributed by atoms with E-state index in [0.717, 1.165) is 50.0 Å². The van der Waals surface area contributed by atoms with Crippen molar-refractivity contribution in [1.82, 2.24) is 5.32 Å². The molecule has 0 heterocycles. The van der Waals surface area contributed by atoms with Gasteiger partial charge in [0.2, 0.25) is 11.8 Å². The molecule has 0 aliphatic heterocycles. The van der Waals surface area contributed by atoms with Crippen molar-refractivity contribution in [2.75, 3.05) is 12.4 Å². The highest BCUT2D eigenvalue weighted by Crippen LogP contribution is 2.31. The number of methoxy groups -OCH3 is 1. The molecule has 0 saturated heterocycles. The van der Waals surface area contributed by atoms with E-state index in [4.69, 9.17) is 4.74 Å². The zero-order valence-corrected chi connectivity index (χ0v) is 13.5. The van der Waals surface area contributed by atoms with Gasteiger partial charge in [0.05, 0.1) is 7.11 Å². The van der Waals surface area contributed by atoms with Gasteiger partial charge in [-0.25, -0.2) is 0 Å². The summed E-state index contributed by atoms with van der Waals surface area (Å²) in [7, 11) is 1.62. The fourth-order valence-electron chi connectivity index (χ4n) is 3.08. The predicted octanol–water partition coefficient (Wildman–Crippen LogP) is 2.72. The fourth-order valence-corrected chi connectivity index (χ4v) is 3.08.